The van der Waals surface area contributed by atoms with Crippen LogP contribution in [-0.2, 0) is 22.4 Å². The Hall–Kier alpha value is -0.420. The Bertz CT molecular complexity index is 337. The Morgan fingerprint density at radius 1 is 1.00 bits per heavy atom. The van der Waals surface area contributed by atoms with Crippen molar-refractivity contribution in [1.82, 2.24) is 0 Å². The summed E-state index contributed by atoms with van der Waals surface area (Å²) in [5, 5.41) is 1.62. The summed E-state index contributed by atoms with van der Waals surface area (Å²) in [4.78, 5) is 0.718. The molecule has 2 nitrogen and oxygen atoms in total. The van der Waals surface area contributed by atoms with Crippen molar-refractivity contribution in [3.05, 3.63) is 41.3 Å². The zero-order valence-electron chi connectivity index (χ0n) is 7.51. The minimum Gasteiger partial charge on any atom is -0.612 e. The predicted molar refractivity (Wildman–Crippen MR) is 60.4 cm³/mol. The van der Waals surface area contributed by atoms with Gasteiger partial charge in [-0.2, -0.15) is 0 Å². The van der Waals surface area contributed by atoms with Gasteiger partial charge in [-0.25, -0.2) is 0 Å². The van der Waals surface area contributed by atoms with E-state index < -0.39 is 22.4 Å². The summed E-state index contributed by atoms with van der Waals surface area (Å²) in [5.41, 5.74) is 0.916. The van der Waals surface area contributed by atoms with Gasteiger partial charge in [-0.1, -0.05) is 18.2 Å². The molecule has 2 atom stereocenters. The van der Waals surface area contributed by atoms with Gasteiger partial charge in [0.2, 0.25) is 4.91 Å². The van der Waals surface area contributed by atoms with E-state index in [2.05, 4.69) is 0 Å². The molecule has 0 N–H and O–H groups in total. The summed E-state index contributed by atoms with van der Waals surface area (Å²) < 4.78 is 22.9. The van der Waals surface area contributed by atoms with Crippen LogP contribution >= 0.6 is 0 Å². The van der Waals surface area contributed by atoms with Crippen LogP contribution in [0.15, 0.2) is 35.7 Å². The second-order valence-electron chi connectivity index (χ2n) is 2.98. The number of hydrogen-bond donors (Lipinski definition) is 0. The van der Waals surface area contributed by atoms with E-state index >= 15 is 0 Å². The molecule has 2 rings (SSSR count). The highest BCUT2D eigenvalue weighted by Gasteiger charge is 2.27. The molecule has 0 aromatic heterocycles. The van der Waals surface area contributed by atoms with Gasteiger partial charge in [0.25, 0.3) is 0 Å². The van der Waals surface area contributed by atoms with Crippen LogP contribution in [-0.4, -0.2) is 20.6 Å². The maximum atomic E-state index is 11.6. The number of benzene rings is 1. The molecule has 1 aliphatic rings. The van der Waals surface area contributed by atoms with Crippen molar-refractivity contribution in [2.24, 2.45) is 0 Å². The lowest BCUT2D eigenvalue weighted by atomic mass is 10.2. The molecule has 0 radical (unpaired) electrons. The Morgan fingerprint density at radius 3 is 2.43 bits per heavy atom. The normalized spacial score (nSPS) is 27.1. The molecule has 0 saturated carbocycles. The van der Waals surface area contributed by atoms with E-state index in [4.69, 9.17) is 0 Å². The summed E-state index contributed by atoms with van der Waals surface area (Å²) in [6.45, 7) is 0. The maximum Gasteiger partial charge on any atom is 0.207 e. The van der Waals surface area contributed by atoms with E-state index in [0.29, 0.717) is 11.5 Å². The second-order valence-corrected chi connectivity index (χ2v) is 5.93. The van der Waals surface area contributed by atoms with Crippen molar-refractivity contribution < 1.29 is 9.11 Å². The predicted octanol–water partition coefficient (Wildman–Crippen LogP) is 1.50. The zero-order valence-corrected chi connectivity index (χ0v) is 9.14. The van der Waals surface area contributed by atoms with Gasteiger partial charge in [0.15, 0.2) is 16.9 Å². The van der Waals surface area contributed by atoms with Gasteiger partial charge in [-0.3, -0.25) is 0 Å². The van der Waals surface area contributed by atoms with Gasteiger partial charge in [0, 0.05) is 5.56 Å². The molecule has 74 valence electrons. The lowest BCUT2D eigenvalue weighted by molar-refractivity contribution is 0.595. The molecule has 14 heavy (non-hydrogen) atoms. The molecule has 1 aromatic rings. The fourth-order valence-corrected chi connectivity index (χ4v) is 4.43. The topological polar surface area (TPSA) is 46.1 Å². The SMILES string of the molecule is [O-][S+]1C=C(c2ccccc2)[S+]([O-])CC1. The average molecular weight is 226 g/mol. The third kappa shape index (κ3) is 2.15. The summed E-state index contributed by atoms with van der Waals surface area (Å²) in [6, 6.07) is 9.49. The van der Waals surface area contributed by atoms with E-state index in [-0.39, 0.29) is 0 Å². The zero-order chi connectivity index (χ0) is 9.97. The molecular weight excluding hydrogens is 216 g/mol. The molecule has 0 aliphatic carbocycles. The maximum absolute atomic E-state index is 11.6. The molecule has 4 heteroatoms. The number of hydrogen-bond acceptors (Lipinski definition) is 2. The van der Waals surface area contributed by atoms with Gasteiger partial charge in [0.1, 0.15) is 0 Å². The third-order valence-electron chi connectivity index (χ3n) is 2.01. The lowest BCUT2D eigenvalue weighted by Gasteiger charge is -2.18. The van der Waals surface area contributed by atoms with Crippen LogP contribution in [0.2, 0.25) is 0 Å². The first kappa shape index (κ1) is 10.1. The van der Waals surface area contributed by atoms with Crippen LogP contribution in [0.1, 0.15) is 5.56 Å². The standard InChI is InChI=1S/C10H10O2S2/c11-13-6-7-14(12)10(8-13)9-4-2-1-3-5-9/h1-5,8H,6-7H2. The first-order valence-electron chi connectivity index (χ1n) is 4.30. The molecule has 1 aromatic carbocycles. The molecule has 0 saturated heterocycles. The monoisotopic (exact) mass is 226 g/mol. The Kier molecular flexibility index (Phi) is 3.18. The second kappa shape index (κ2) is 4.40. The van der Waals surface area contributed by atoms with Crippen molar-refractivity contribution in [1.29, 1.82) is 0 Å². The lowest BCUT2D eigenvalue weighted by Crippen LogP contribution is -2.22. The minimum absolute atomic E-state index is 0.507. The van der Waals surface area contributed by atoms with Crippen LogP contribution in [0.4, 0.5) is 0 Å². The van der Waals surface area contributed by atoms with Crippen molar-refractivity contribution in [3.8, 4) is 0 Å². The van der Waals surface area contributed by atoms with E-state index in [1.807, 2.05) is 30.3 Å². The molecule has 0 fully saturated rings. The molecule has 1 heterocycles. The Balaban J connectivity index is 2.33. The molecule has 0 bridgehead atoms. The van der Waals surface area contributed by atoms with Crippen LogP contribution in [0, 0.1) is 0 Å². The largest absolute Gasteiger partial charge is 0.612 e. The highest BCUT2D eigenvalue weighted by Crippen LogP contribution is 2.26. The Morgan fingerprint density at radius 2 is 1.71 bits per heavy atom. The highest BCUT2D eigenvalue weighted by molar-refractivity contribution is 8.05. The fraction of sp³-hybridized carbons (Fsp3) is 0.200. The van der Waals surface area contributed by atoms with Gasteiger partial charge in [-0.15, -0.1) is 0 Å². The van der Waals surface area contributed by atoms with E-state index in [9.17, 15) is 9.11 Å². The summed E-state index contributed by atoms with van der Waals surface area (Å²) in [5.74, 6) is 1.02. The smallest absolute Gasteiger partial charge is 0.207 e. The van der Waals surface area contributed by atoms with E-state index in [1.165, 1.54) is 0 Å². The van der Waals surface area contributed by atoms with Crippen LogP contribution in [0.5, 0.6) is 0 Å². The van der Waals surface area contributed by atoms with Crippen molar-refractivity contribution in [2.45, 2.75) is 0 Å². The van der Waals surface area contributed by atoms with E-state index in [1.54, 1.807) is 5.41 Å². The van der Waals surface area contributed by atoms with Crippen LogP contribution in [0.25, 0.3) is 4.91 Å². The molecule has 0 spiro atoms. The molecule has 1 aliphatic heterocycles. The third-order valence-corrected chi connectivity index (χ3v) is 4.94. The summed E-state index contributed by atoms with van der Waals surface area (Å²) in [6.07, 6.45) is 0. The van der Waals surface area contributed by atoms with Crippen molar-refractivity contribution >= 4 is 27.3 Å². The van der Waals surface area contributed by atoms with Crippen molar-refractivity contribution in [2.75, 3.05) is 11.5 Å². The highest BCUT2D eigenvalue weighted by atomic mass is 32.2. The molecule has 2 unspecified atom stereocenters. The summed E-state index contributed by atoms with van der Waals surface area (Å²) >= 11 is -1.93. The van der Waals surface area contributed by atoms with Crippen LogP contribution in [0.3, 0.4) is 0 Å². The molecule has 0 amide bonds. The van der Waals surface area contributed by atoms with Gasteiger partial charge >= 0.3 is 0 Å². The van der Waals surface area contributed by atoms with Gasteiger partial charge in [0.05, 0.1) is 0 Å². The Labute approximate surface area is 89.4 Å². The first-order chi connectivity index (χ1) is 6.77. The van der Waals surface area contributed by atoms with Crippen molar-refractivity contribution in [3.63, 3.8) is 0 Å². The minimum atomic E-state index is -0.982. The number of rotatable bonds is 1. The van der Waals surface area contributed by atoms with Gasteiger partial charge in [-0.05, 0) is 34.5 Å². The quantitative estimate of drug-likeness (QED) is 0.681. The first-order valence-corrected chi connectivity index (χ1v) is 7.00. The fourth-order valence-electron chi connectivity index (χ4n) is 1.30. The summed E-state index contributed by atoms with van der Waals surface area (Å²) in [7, 11) is 0. The van der Waals surface area contributed by atoms with Gasteiger partial charge < -0.3 is 9.11 Å². The van der Waals surface area contributed by atoms with E-state index in [0.717, 1.165) is 10.5 Å². The average Bonchev–Trinajstić information content (AvgIpc) is 2.23. The van der Waals surface area contributed by atoms with Crippen LogP contribution < -0.4 is 0 Å². The molecular formula is C10H10O2S2.